The summed E-state index contributed by atoms with van der Waals surface area (Å²) in [6.07, 6.45) is 6.31. The van der Waals surface area contributed by atoms with E-state index in [1.807, 2.05) is 53.2 Å². The number of rotatable bonds is 5. The summed E-state index contributed by atoms with van der Waals surface area (Å²) in [6, 6.07) is 17.0. The molecular weight excluding hydrogens is 467 g/mol. The number of halogens is 2. The Hall–Kier alpha value is -2.67. The van der Waals surface area contributed by atoms with E-state index >= 15 is 0 Å². The van der Waals surface area contributed by atoms with Crippen molar-refractivity contribution >= 4 is 40.1 Å². The van der Waals surface area contributed by atoms with Gasteiger partial charge >= 0.3 is 0 Å². The zero-order valence-corrected chi connectivity index (χ0v) is 20.5. The molecule has 1 N–H and O–H groups in total. The summed E-state index contributed by atoms with van der Waals surface area (Å²) in [6.45, 7) is 3.19. The maximum atomic E-state index is 6.63. The fraction of sp³-hybridized carbons (Fsp3) is 0.346. The van der Waals surface area contributed by atoms with E-state index in [2.05, 4.69) is 17.1 Å². The standard InChI is InChI=1S/C26H26Cl2N6/c1-2-29-18-13-19-11-12-20(14-18)33(19)26-24-23(30-15-31-26)25(16-7-9-17(27)10-8-16)34(32-24)22-6-4-3-5-21(22)28/h3-10,15,18-20,29H,2,11-14H2,1H3. The summed E-state index contributed by atoms with van der Waals surface area (Å²) >= 11 is 12.8. The Balaban J connectivity index is 1.54. The molecule has 0 aliphatic carbocycles. The largest absolute Gasteiger partial charge is 0.349 e. The quantitative estimate of drug-likeness (QED) is 0.375. The van der Waals surface area contributed by atoms with E-state index in [-0.39, 0.29) is 0 Å². The van der Waals surface area contributed by atoms with Gasteiger partial charge in [-0.05, 0) is 56.5 Å². The van der Waals surface area contributed by atoms with Gasteiger partial charge in [-0.25, -0.2) is 14.6 Å². The van der Waals surface area contributed by atoms with Crippen molar-refractivity contribution in [1.29, 1.82) is 0 Å². The normalized spacial score (nSPS) is 22.0. The van der Waals surface area contributed by atoms with E-state index in [1.54, 1.807) is 6.33 Å². The fourth-order valence-electron chi connectivity index (χ4n) is 5.72. The average molecular weight is 493 g/mol. The second-order valence-electron chi connectivity index (χ2n) is 9.13. The van der Waals surface area contributed by atoms with Gasteiger partial charge in [-0.1, -0.05) is 54.4 Å². The molecule has 2 atom stereocenters. The van der Waals surface area contributed by atoms with Crippen molar-refractivity contribution in [3.05, 3.63) is 64.9 Å². The molecule has 2 aliphatic rings. The second-order valence-corrected chi connectivity index (χ2v) is 9.98. The highest BCUT2D eigenvalue weighted by Gasteiger charge is 2.42. The molecule has 4 aromatic rings. The lowest BCUT2D eigenvalue weighted by Gasteiger charge is -2.40. The maximum Gasteiger partial charge on any atom is 0.161 e. The van der Waals surface area contributed by atoms with Crippen molar-refractivity contribution in [3.63, 3.8) is 0 Å². The second kappa shape index (κ2) is 8.84. The van der Waals surface area contributed by atoms with Crippen molar-refractivity contribution in [2.75, 3.05) is 11.4 Å². The number of benzene rings is 2. The first-order valence-corrected chi connectivity index (χ1v) is 12.7. The molecule has 2 saturated heterocycles. The Morgan fingerprint density at radius 2 is 1.68 bits per heavy atom. The summed E-state index contributed by atoms with van der Waals surface area (Å²) in [5.41, 5.74) is 4.31. The summed E-state index contributed by atoms with van der Waals surface area (Å²) in [5, 5.41) is 10.1. The van der Waals surface area contributed by atoms with Gasteiger partial charge in [-0.3, -0.25) is 0 Å². The van der Waals surface area contributed by atoms with Crippen molar-refractivity contribution in [1.82, 2.24) is 25.1 Å². The average Bonchev–Trinajstić information content (AvgIpc) is 3.35. The third-order valence-electron chi connectivity index (χ3n) is 7.11. The van der Waals surface area contributed by atoms with Gasteiger partial charge in [0.05, 0.1) is 10.7 Å². The van der Waals surface area contributed by atoms with Gasteiger partial charge in [0.1, 0.15) is 17.5 Å². The summed E-state index contributed by atoms with van der Waals surface area (Å²) in [7, 11) is 0. The monoisotopic (exact) mass is 492 g/mol. The van der Waals surface area contributed by atoms with Crippen molar-refractivity contribution in [3.8, 4) is 16.9 Å². The number of hydrogen-bond acceptors (Lipinski definition) is 5. The Morgan fingerprint density at radius 3 is 2.38 bits per heavy atom. The van der Waals surface area contributed by atoms with E-state index in [1.165, 1.54) is 12.8 Å². The number of aromatic nitrogens is 4. The first kappa shape index (κ1) is 21.8. The zero-order chi connectivity index (χ0) is 23.2. The van der Waals surface area contributed by atoms with Crippen LogP contribution < -0.4 is 10.2 Å². The van der Waals surface area contributed by atoms with Gasteiger partial charge in [-0.2, -0.15) is 5.10 Å². The van der Waals surface area contributed by atoms with Crippen molar-refractivity contribution < 1.29 is 0 Å². The molecule has 4 heterocycles. The molecule has 6 rings (SSSR count). The molecule has 6 nitrogen and oxygen atoms in total. The zero-order valence-electron chi connectivity index (χ0n) is 19.0. The highest BCUT2D eigenvalue weighted by Crippen LogP contribution is 2.42. The van der Waals surface area contributed by atoms with Gasteiger partial charge in [0.25, 0.3) is 0 Å². The third-order valence-corrected chi connectivity index (χ3v) is 7.68. The fourth-order valence-corrected chi connectivity index (χ4v) is 6.06. The third kappa shape index (κ3) is 3.65. The summed E-state index contributed by atoms with van der Waals surface area (Å²) in [4.78, 5) is 12.0. The molecule has 2 aromatic heterocycles. The number of piperidine rings is 1. The molecule has 174 valence electrons. The van der Waals surface area contributed by atoms with Gasteiger partial charge in [-0.15, -0.1) is 0 Å². The van der Waals surface area contributed by atoms with Crippen LogP contribution in [0.4, 0.5) is 5.82 Å². The highest BCUT2D eigenvalue weighted by molar-refractivity contribution is 6.32. The molecule has 2 aliphatic heterocycles. The Kier molecular flexibility index (Phi) is 5.68. The van der Waals surface area contributed by atoms with E-state index in [0.717, 1.165) is 53.2 Å². The summed E-state index contributed by atoms with van der Waals surface area (Å²) in [5.74, 6) is 0.925. The van der Waals surface area contributed by atoms with Crippen LogP contribution in [0.5, 0.6) is 0 Å². The Morgan fingerprint density at radius 1 is 0.941 bits per heavy atom. The molecule has 8 heteroatoms. The molecule has 2 aromatic carbocycles. The van der Waals surface area contributed by atoms with Crippen LogP contribution in [0.15, 0.2) is 54.9 Å². The van der Waals surface area contributed by atoms with E-state index < -0.39 is 0 Å². The van der Waals surface area contributed by atoms with E-state index in [9.17, 15) is 0 Å². The first-order chi connectivity index (χ1) is 16.6. The smallest absolute Gasteiger partial charge is 0.161 e. The molecule has 2 bridgehead atoms. The van der Waals surface area contributed by atoms with Gasteiger partial charge in [0, 0.05) is 28.7 Å². The molecule has 0 spiro atoms. The van der Waals surface area contributed by atoms with Crippen LogP contribution in [0.25, 0.3) is 28.0 Å². The van der Waals surface area contributed by atoms with Crippen LogP contribution in [0.1, 0.15) is 32.6 Å². The number of hydrogen-bond donors (Lipinski definition) is 1. The number of anilines is 1. The van der Waals surface area contributed by atoms with E-state index in [0.29, 0.717) is 28.2 Å². The lowest BCUT2D eigenvalue weighted by Crippen LogP contribution is -2.49. The van der Waals surface area contributed by atoms with Crippen LogP contribution in [-0.2, 0) is 0 Å². The van der Waals surface area contributed by atoms with Crippen LogP contribution in [-0.4, -0.2) is 44.4 Å². The topological polar surface area (TPSA) is 58.9 Å². The number of nitrogens with one attached hydrogen (secondary N) is 1. The highest BCUT2D eigenvalue weighted by atomic mass is 35.5. The van der Waals surface area contributed by atoms with Crippen LogP contribution >= 0.6 is 23.2 Å². The number of nitrogens with zero attached hydrogens (tertiary/aromatic N) is 5. The van der Waals surface area contributed by atoms with Crippen molar-refractivity contribution in [2.45, 2.75) is 50.7 Å². The molecule has 2 fully saturated rings. The first-order valence-electron chi connectivity index (χ1n) is 11.9. The lowest BCUT2D eigenvalue weighted by molar-refractivity contribution is 0.360. The Bertz CT molecular complexity index is 1320. The predicted molar refractivity (Wildman–Crippen MR) is 138 cm³/mol. The minimum absolute atomic E-state index is 0.463. The molecule has 0 radical (unpaired) electrons. The van der Waals surface area contributed by atoms with Crippen molar-refractivity contribution in [2.24, 2.45) is 0 Å². The molecule has 34 heavy (non-hydrogen) atoms. The molecular formula is C26H26Cl2N6. The SMILES string of the molecule is CCNC1CC2CCC(C1)N2c1ncnc2c(-c3ccc(Cl)cc3)n(-c3ccccc3Cl)nc12. The van der Waals surface area contributed by atoms with Crippen LogP contribution in [0.3, 0.4) is 0 Å². The van der Waals surface area contributed by atoms with Gasteiger partial charge in [0.2, 0.25) is 0 Å². The number of fused-ring (bicyclic) bond motifs is 3. The molecule has 0 amide bonds. The minimum atomic E-state index is 0.463. The molecule has 2 unspecified atom stereocenters. The maximum absolute atomic E-state index is 6.63. The van der Waals surface area contributed by atoms with Crippen LogP contribution in [0.2, 0.25) is 10.0 Å². The van der Waals surface area contributed by atoms with Crippen LogP contribution in [0, 0.1) is 0 Å². The molecule has 0 saturated carbocycles. The van der Waals surface area contributed by atoms with Gasteiger partial charge < -0.3 is 10.2 Å². The summed E-state index contributed by atoms with van der Waals surface area (Å²) < 4.78 is 1.90. The van der Waals surface area contributed by atoms with Gasteiger partial charge in [0.15, 0.2) is 11.3 Å². The minimum Gasteiger partial charge on any atom is -0.349 e. The van der Waals surface area contributed by atoms with E-state index in [4.69, 9.17) is 38.3 Å². The predicted octanol–water partition coefficient (Wildman–Crippen LogP) is 5.90. The number of para-hydroxylation sites is 1. The lowest BCUT2D eigenvalue weighted by atomic mass is 9.97. The Labute approximate surface area is 208 Å².